The van der Waals surface area contributed by atoms with Gasteiger partial charge in [0.1, 0.15) is 23.4 Å². The molecule has 3 amide bonds. The van der Waals surface area contributed by atoms with E-state index in [0.717, 1.165) is 11.1 Å². The van der Waals surface area contributed by atoms with Crippen LogP contribution >= 0.6 is 0 Å². The monoisotopic (exact) mass is 511 g/mol. The zero-order chi connectivity index (χ0) is 28.0. The Bertz CT molecular complexity index is 1070. The summed E-state index contributed by atoms with van der Waals surface area (Å²) in [6, 6.07) is 12.0. The molecule has 0 saturated heterocycles. The lowest BCUT2D eigenvalue weighted by atomic mass is 9.98. The first-order valence-electron chi connectivity index (χ1n) is 12.6. The van der Waals surface area contributed by atoms with Gasteiger partial charge < -0.3 is 25.4 Å². The van der Waals surface area contributed by atoms with E-state index in [9.17, 15) is 19.5 Å². The maximum Gasteiger partial charge on any atom is 0.408 e. The van der Waals surface area contributed by atoms with Crippen molar-refractivity contribution in [2.75, 3.05) is 6.54 Å². The fourth-order valence-corrected chi connectivity index (χ4v) is 3.84. The minimum atomic E-state index is -1.00. The smallest absolute Gasteiger partial charge is 0.408 e. The molecule has 2 unspecified atom stereocenters. The molecule has 3 N–H and O–H groups in total. The van der Waals surface area contributed by atoms with Crippen molar-refractivity contribution in [3.05, 3.63) is 65.2 Å². The van der Waals surface area contributed by atoms with E-state index in [1.54, 1.807) is 39.8 Å². The van der Waals surface area contributed by atoms with Gasteiger partial charge >= 0.3 is 6.09 Å². The van der Waals surface area contributed by atoms with Crippen LogP contribution in [0.2, 0.25) is 0 Å². The third kappa shape index (κ3) is 9.44. The highest BCUT2D eigenvalue weighted by molar-refractivity contribution is 5.92. The number of nitrogens with zero attached hydrogens (tertiary/aromatic N) is 1. The highest BCUT2D eigenvalue weighted by Crippen LogP contribution is 2.25. The van der Waals surface area contributed by atoms with E-state index >= 15 is 0 Å². The average Bonchev–Trinajstić information content (AvgIpc) is 2.76. The second-order valence-electron chi connectivity index (χ2n) is 11.2. The number of aryl methyl sites for hydroxylation is 1. The van der Waals surface area contributed by atoms with Crippen LogP contribution in [0.3, 0.4) is 0 Å². The molecule has 0 saturated carbocycles. The van der Waals surface area contributed by atoms with Gasteiger partial charge in [0.05, 0.1) is 0 Å². The minimum Gasteiger partial charge on any atom is -0.508 e. The molecular formula is C29H41N3O5. The van der Waals surface area contributed by atoms with Crippen molar-refractivity contribution >= 4 is 17.9 Å². The Balaban J connectivity index is 2.48. The lowest BCUT2D eigenvalue weighted by molar-refractivity contribution is -0.142. The number of rotatable bonds is 8. The van der Waals surface area contributed by atoms with Crippen molar-refractivity contribution in [1.29, 1.82) is 0 Å². The largest absolute Gasteiger partial charge is 0.508 e. The first-order valence-corrected chi connectivity index (χ1v) is 12.6. The predicted molar refractivity (Wildman–Crippen MR) is 144 cm³/mol. The number of aromatic hydroxyl groups is 1. The number of alkyl carbamates (subject to hydrolysis) is 1. The summed E-state index contributed by atoms with van der Waals surface area (Å²) in [5, 5.41) is 15.4. The van der Waals surface area contributed by atoms with Crippen LogP contribution in [-0.4, -0.2) is 51.6 Å². The zero-order valence-electron chi connectivity index (χ0n) is 23.2. The summed E-state index contributed by atoms with van der Waals surface area (Å²) in [6.45, 7) is 14.9. The zero-order valence-corrected chi connectivity index (χ0v) is 23.2. The molecule has 37 heavy (non-hydrogen) atoms. The minimum absolute atomic E-state index is 0.0974. The highest BCUT2D eigenvalue weighted by atomic mass is 16.6. The van der Waals surface area contributed by atoms with Crippen LogP contribution in [0.4, 0.5) is 4.79 Å². The number of phenols is 1. The van der Waals surface area contributed by atoms with Crippen LogP contribution in [0.15, 0.2) is 48.5 Å². The Kier molecular flexibility index (Phi) is 9.73. The number of hydrogen-bond donors (Lipinski definition) is 3. The molecule has 2 aromatic rings. The van der Waals surface area contributed by atoms with Gasteiger partial charge in [-0.15, -0.1) is 0 Å². The van der Waals surface area contributed by atoms with Crippen LogP contribution in [0.5, 0.6) is 5.75 Å². The summed E-state index contributed by atoms with van der Waals surface area (Å²) >= 11 is 0. The summed E-state index contributed by atoms with van der Waals surface area (Å²) in [7, 11) is 0. The van der Waals surface area contributed by atoms with Gasteiger partial charge in [0, 0.05) is 18.5 Å². The number of carbonyl (C=O) groups excluding carboxylic acids is 3. The molecule has 2 aromatic carbocycles. The van der Waals surface area contributed by atoms with E-state index in [-0.39, 0.29) is 24.6 Å². The second kappa shape index (κ2) is 12.1. The standard InChI is InChI=1S/C29H41N3O5/c1-9-32(24(25(34)31-28(3,4)5)21-14-10-19(2)11-15-21)26(35)23(30-27(36)37-29(6,7)8)18-20-12-16-22(33)17-13-20/h10-17,23-24,33H,9,18H2,1-8H3,(H,30,36)(H,31,34). The van der Waals surface area contributed by atoms with Gasteiger partial charge in [-0.25, -0.2) is 4.79 Å². The number of nitrogens with one attached hydrogen (secondary N) is 2. The van der Waals surface area contributed by atoms with Gasteiger partial charge in [0.25, 0.3) is 0 Å². The van der Waals surface area contributed by atoms with Crippen LogP contribution in [0.1, 0.15) is 71.2 Å². The summed E-state index contributed by atoms with van der Waals surface area (Å²) < 4.78 is 5.42. The fourth-order valence-electron chi connectivity index (χ4n) is 3.84. The molecule has 0 bridgehead atoms. The molecule has 0 fully saturated rings. The van der Waals surface area contributed by atoms with Crippen molar-refractivity contribution in [2.45, 2.75) is 85.0 Å². The third-order valence-corrected chi connectivity index (χ3v) is 5.44. The number of ether oxygens (including phenoxy) is 1. The number of likely N-dealkylation sites (N-methyl/N-ethyl adjacent to an activating group) is 1. The van der Waals surface area contributed by atoms with Crippen molar-refractivity contribution in [2.24, 2.45) is 0 Å². The third-order valence-electron chi connectivity index (χ3n) is 5.44. The Morgan fingerprint density at radius 3 is 2.00 bits per heavy atom. The summed E-state index contributed by atoms with van der Waals surface area (Å²) in [5.74, 6) is -0.636. The maximum atomic E-state index is 14.0. The fraction of sp³-hybridized carbons (Fsp3) is 0.483. The second-order valence-corrected chi connectivity index (χ2v) is 11.2. The molecular weight excluding hydrogens is 470 g/mol. The Morgan fingerprint density at radius 2 is 1.51 bits per heavy atom. The maximum absolute atomic E-state index is 14.0. The van der Waals surface area contributed by atoms with Crippen LogP contribution in [0, 0.1) is 6.92 Å². The van der Waals surface area contributed by atoms with Crippen LogP contribution in [-0.2, 0) is 20.7 Å². The molecule has 8 heteroatoms. The molecule has 0 aliphatic rings. The normalized spacial score (nSPS) is 13.3. The van der Waals surface area contributed by atoms with Gasteiger partial charge in [-0.3, -0.25) is 9.59 Å². The van der Waals surface area contributed by atoms with Gasteiger partial charge in [0.2, 0.25) is 11.8 Å². The van der Waals surface area contributed by atoms with Gasteiger partial charge in [-0.05, 0) is 78.6 Å². The van der Waals surface area contributed by atoms with E-state index in [0.29, 0.717) is 5.56 Å². The number of hydrogen-bond acceptors (Lipinski definition) is 5. The molecule has 0 aromatic heterocycles. The molecule has 0 radical (unpaired) electrons. The van der Waals surface area contributed by atoms with E-state index in [4.69, 9.17) is 4.74 Å². The van der Waals surface area contributed by atoms with Crippen LogP contribution < -0.4 is 10.6 Å². The predicted octanol–water partition coefficient (Wildman–Crippen LogP) is 4.64. The SMILES string of the molecule is CCN(C(=O)C(Cc1ccc(O)cc1)NC(=O)OC(C)(C)C)C(C(=O)NC(C)(C)C)c1ccc(C)cc1. The van der Waals surface area contributed by atoms with Crippen molar-refractivity contribution in [1.82, 2.24) is 15.5 Å². The first kappa shape index (κ1) is 29.7. The Hall–Kier alpha value is -3.55. The number of phenolic OH excluding ortho intramolecular Hbond substituents is 1. The molecule has 2 rings (SSSR count). The average molecular weight is 512 g/mol. The van der Waals surface area contributed by atoms with Gasteiger partial charge in [-0.1, -0.05) is 42.0 Å². The van der Waals surface area contributed by atoms with Gasteiger partial charge in [-0.2, -0.15) is 0 Å². The molecule has 0 aliphatic heterocycles. The van der Waals surface area contributed by atoms with Crippen LogP contribution in [0.25, 0.3) is 0 Å². The Morgan fingerprint density at radius 1 is 0.946 bits per heavy atom. The molecule has 202 valence electrons. The first-order chi connectivity index (χ1) is 17.1. The molecule has 8 nitrogen and oxygen atoms in total. The summed E-state index contributed by atoms with van der Waals surface area (Å²) in [4.78, 5) is 41.7. The Labute approximate surface area is 220 Å². The number of carbonyl (C=O) groups is 3. The lowest BCUT2D eigenvalue weighted by Crippen LogP contribution is -2.55. The van der Waals surface area contributed by atoms with E-state index in [1.807, 2.05) is 52.0 Å². The van der Waals surface area contributed by atoms with E-state index in [1.165, 1.54) is 17.0 Å². The van der Waals surface area contributed by atoms with Crippen molar-refractivity contribution in [3.8, 4) is 5.75 Å². The molecule has 0 heterocycles. The molecule has 2 atom stereocenters. The molecule has 0 aliphatic carbocycles. The number of amides is 3. The lowest BCUT2D eigenvalue weighted by Gasteiger charge is -2.35. The summed E-state index contributed by atoms with van der Waals surface area (Å²) in [6.07, 6.45) is -0.581. The van der Waals surface area contributed by atoms with Gasteiger partial charge in [0.15, 0.2) is 0 Å². The van der Waals surface area contributed by atoms with E-state index in [2.05, 4.69) is 10.6 Å². The van der Waals surface area contributed by atoms with E-state index < -0.39 is 35.2 Å². The number of benzene rings is 2. The topological polar surface area (TPSA) is 108 Å². The quantitative estimate of drug-likeness (QED) is 0.479. The highest BCUT2D eigenvalue weighted by Gasteiger charge is 2.36. The van der Waals surface area contributed by atoms with Crippen molar-refractivity contribution < 1.29 is 24.2 Å². The van der Waals surface area contributed by atoms with Crippen molar-refractivity contribution in [3.63, 3.8) is 0 Å². The summed E-state index contributed by atoms with van der Waals surface area (Å²) in [5.41, 5.74) is 1.17. The molecule has 0 spiro atoms.